The standard InChI is InChI=1S/C17H19FN2O3S/c1-9-13(15(21)22)24-14(19-9)10(2)20-16(23)17(3,4)11-5-7-12(18)8-6-11/h5-8,10H,1-4H3,(H,20,23)(H,21,22). The van der Waals surface area contributed by atoms with Gasteiger partial charge in [0.1, 0.15) is 15.7 Å². The van der Waals surface area contributed by atoms with Crippen LogP contribution >= 0.6 is 11.3 Å². The smallest absolute Gasteiger partial charge is 0.347 e. The molecule has 0 saturated heterocycles. The fraction of sp³-hybridized carbons (Fsp3) is 0.353. The molecule has 1 aromatic heterocycles. The van der Waals surface area contributed by atoms with Gasteiger partial charge in [-0.25, -0.2) is 14.2 Å². The van der Waals surface area contributed by atoms with Gasteiger partial charge in [0.2, 0.25) is 5.91 Å². The summed E-state index contributed by atoms with van der Waals surface area (Å²) in [6, 6.07) is 5.37. The minimum Gasteiger partial charge on any atom is -0.477 e. The summed E-state index contributed by atoms with van der Waals surface area (Å²) in [5, 5.41) is 12.5. The molecule has 0 saturated carbocycles. The van der Waals surface area contributed by atoms with E-state index in [1.165, 1.54) is 12.1 Å². The number of hydrogen-bond donors (Lipinski definition) is 2. The van der Waals surface area contributed by atoms with E-state index in [0.717, 1.165) is 11.3 Å². The van der Waals surface area contributed by atoms with Crippen LogP contribution < -0.4 is 5.32 Å². The molecule has 0 aliphatic rings. The van der Waals surface area contributed by atoms with Crippen LogP contribution in [0.2, 0.25) is 0 Å². The van der Waals surface area contributed by atoms with Gasteiger partial charge in [0, 0.05) is 0 Å². The Hall–Kier alpha value is -2.28. The van der Waals surface area contributed by atoms with E-state index in [1.54, 1.807) is 39.8 Å². The number of hydrogen-bond acceptors (Lipinski definition) is 4. The van der Waals surface area contributed by atoms with Crippen LogP contribution in [-0.2, 0) is 10.2 Å². The van der Waals surface area contributed by atoms with Gasteiger partial charge in [0.05, 0.1) is 17.2 Å². The topological polar surface area (TPSA) is 79.3 Å². The summed E-state index contributed by atoms with van der Waals surface area (Å²) in [7, 11) is 0. The normalized spacial score (nSPS) is 12.7. The Labute approximate surface area is 143 Å². The monoisotopic (exact) mass is 350 g/mol. The summed E-state index contributed by atoms with van der Waals surface area (Å²) < 4.78 is 13.1. The van der Waals surface area contributed by atoms with Crippen molar-refractivity contribution in [3.05, 3.63) is 51.2 Å². The van der Waals surface area contributed by atoms with Crippen LogP contribution in [0.3, 0.4) is 0 Å². The molecule has 0 radical (unpaired) electrons. The van der Waals surface area contributed by atoms with Crippen LogP contribution in [0, 0.1) is 12.7 Å². The molecule has 7 heteroatoms. The minimum atomic E-state index is -1.03. The third-order valence-corrected chi connectivity index (χ3v) is 5.19. The molecule has 0 aliphatic carbocycles. The van der Waals surface area contributed by atoms with Crippen molar-refractivity contribution in [2.24, 2.45) is 0 Å². The Morgan fingerprint density at radius 3 is 2.38 bits per heavy atom. The molecule has 128 valence electrons. The zero-order chi connectivity index (χ0) is 18.1. The van der Waals surface area contributed by atoms with E-state index in [2.05, 4.69) is 10.3 Å². The number of carbonyl (C=O) groups is 2. The summed E-state index contributed by atoms with van der Waals surface area (Å²) in [6.45, 7) is 6.87. The molecule has 1 atom stereocenters. The SMILES string of the molecule is Cc1nc(C(C)NC(=O)C(C)(C)c2ccc(F)cc2)sc1C(=O)O. The molecule has 0 aliphatic heterocycles. The molecule has 2 N–H and O–H groups in total. The molecule has 24 heavy (non-hydrogen) atoms. The van der Waals surface area contributed by atoms with E-state index < -0.39 is 17.4 Å². The lowest BCUT2D eigenvalue weighted by atomic mass is 9.83. The van der Waals surface area contributed by atoms with Crippen LogP contribution in [0.4, 0.5) is 4.39 Å². The predicted molar refractivity (Wildman–Crippen MR) is 89.8 cm³/mol. The summed E-state index contributed by atoms with van der Waals surface area (Å²) >= 11 is 1.05. The second kappa shape index (κ2) is 6.68. The number of thiazole rings is 1. The lowest BCUT2D eigenvalue weighted by Gasteiger charge is -2.26. The van der Waals surface area contributed by atoms with Crippen LogP contribution in [0.1, 0.15) is 52.7 Å². The first kappa shape index (κ1) is 18.1. The van der Waals surface area contributed by atoms with E-state index in [9.17, 15) is 14.0 Å². The highest BCUT2D eigenvalue weighted by atomic mass is 32.1. The maximum Gasteiger partial charge on any atom is 0.347 e. The Bertz CT molecular complexity index is 769. The number of nitrogens with one attached hydrogen (secondary N) is 1. The van der Waals surface area contributed by atoms with Gasteiger partial charge >= 0.3 is 5.97 Å². The first-order valence-corrected chi connectivity index (χ1v) is 8.22. The molecule has 5 nitrogen and oxygen atoms in total. The van der Waals surface area contributed by atoms with E-state index >= 15 is 0 Å². The molecule has 1 amide bonds. The number of rotatable bonds is 5. The molecule has 2 rings (SSSR count). The largest absolute Gasteiger partial charge is 0.477 e. The number of aromatic carboxylic acids is 1. The van der Waals surface area contributed by atoms with Gasteiger partial charge in [0.25, 0.3) is 0 Å². The van der Waals surface area contributed by atoms with Crippen molar-refractivity contribution in [1.82, 2.24) is 10.3 Å². The van der Waals surface area contributed by atoms with Gasteiger partial charge in [-0.2, -0.15) is 0 Å². The summed E-state index contributed by atoms with van der Waals surface area (Å²) in [6.07, 6.45) is 0. The highest BCUT2D eigenvalue weighted by Crippen LogP contribution is 2.27. The number of halogens is 1. The maximum absolute atomic E-state index is 13.1. The average molecular weight is 350 g/mol. The molecular weight excluding hydrogens is 331 g/mol. The van der Waals surface area contributed by atoms with Crippen molar-refractivity contribution in [3.63, 3.8) is 0 Å². The van der Waals surface area contributed by atoms with Crippen LogP contribution in [-0.4, -0.2) is 22.0 Å². The number of carbonyl (C=O) groups excluding carboxylic acids is 1. The molecule has 2 aromatic rings. The van der Waals surface area contributed by atoms with Crippen LogP contribution in [0.15, 0.2) is 24.3 Å². The molecule has 1 aromatic carbocycles. The average Bonchev–Trinajstić information content (AvgIpc) is 2.90. The van der Waals surface area contributed by atoms with Crippen LogP contribution in [0.25, 0.3) is 0 Å². The van der Waals surface area contributed by atoms with Gasteiger partial charge in [0.15, 0.2) is 0 Å². The fourth-order valence-electron chi connectivity index (χ4n) is 2.24. The Balaban J connectivity index is 2.17. The van der Waals surface area contributed by atoms with Gasteiger partial charge in [-0.15, -0.1) is 11.3 Å². The van der Waals surface area contributed by atoms with E-state index in [4.69, 9.17) is 5.11 Å². The summed E-state index contributed by atoms with van der Waals surface area (Å²) in [4.78, 5) is 28.1. The zero-order valence-electron chi connectivity index (χ0n) is 13.9. The third-order valence-electron chi connectivity index (χ3n) is 3.86. The molecule has 0 spiro atoms. The van der Waals surface area contributed by atoms with Crippen molar-refractivity contribution in [2.45, 2.75) is 39.2 Å². The maximum atomic E-state index is 13.1. The number of aryl methyl sites for hydroxylation is 1. The molecular formula is C17H19FN2O3S. The zero-order valence-corrected chi connectivity index (χ0v) is 14.7. The first-order chi connectivity index (χ1) is 11.1. The highest BCUT2D eigenvalue weighted by Gasteiger charge is 2.31. The van der Waals surface area contributed by atoms with Gasteiger partial charge in [-0.05, 0) is 45.4 Å². The van der Waals surface area contributed by atoms with Gasteiger partial charge < -0.3 is 10.4 Å². The molecule has 0 bridgehead atoms. The van der Waals surface area contributed by atoms with Crippen molar-refractivity contribution in [1.29, 1.82) is 0 Å². The summed E-state index contributed by atoms with van der Waals surface area (Å²) in [5.41, 5.74) is 0.265. The predicted octanol–water partition coefficient (Wildman–Crippen LogP) is 3.44. The quantitative estimate of drug-likeness (QED) is 0.866. The third kappa shape index (κ3) is 3.62. The number of carboxylic acid groups (broad SMARTS) is 1. The Morgan fingerprint density at radius 2 is 1.88 bits per heavy atom. The lowest BCUT2D eigenvalue weighted by Crippen LogP contribution is -2.41. The minimum absolute atomic E-state index is 0.170. The van der Waals surface area contributed by atoms with E-state index in [1.807, 2.05) is 0 Å². The molecule has 1 unspecified atom stereocenters. The number of carboxylic acids is 1. The van der Waals surface area contributed by atoms with Gasteiger partial charge in [-0.1, -0.05) is 12.1 Å². The van der Waals surface area contributed by atoms with Crippen LogP contribution in [0.5, 0.6) is 0 Å². The van der Waals surface area contributed by atoms with Crippen molar-refractivity contribution in [2.75, 3.05) is 0 Å². The van der Waals surface area contributed by atoms with Crippen molar-refractivity contribution < 1.29 is 19.1 Å². The number of benzene rings is 1. The van der Waals surface area contributed by atoms with Crippen molar-refractivity contribution in [3.8, 4) is 0 Å². The highest BCUT2D eigenvalue weighted by molar-refractivity contribution is 7.13. The lowest BCUT2D eigenvalue weighted by molar-refractivity contribution is -0.126. The number of aromatic nitrogens is 1. The number of amides is 1. The fourth-order valence-corrected chi connectivity index (χ4v) is 3.15. The summed E-state index contributed by atoms with van der Waals surface area (Å²) in [5.74, 6) is -1.63. The number of nitrogens with zero attached hydrogens (tertiary/aromatic N) is 1. The Morgan fingerprint density at radius 1 is 1.29 bits per heavy atom. The first-order valence-electron chi connectivity index (χ1n) is 7.40. The van der Waals surface area contributed by atoms with E-state index in [0.29, 0.717) is 16.3 Å². The molecule has 0 fully saturated rings. The second-order valence-electron chi connectivity index (χ2n) is 6.10. The van der Waals surface area contributed by atoms with Gasteiger partial charge in [-0.3, -0.25) is 4.79 Å². The van der Waals surface area contributed by atoms with E-state index in [-0.39, 0.29) is 16.6 Å². The van der Waals surface area contributed by atoms with Crippen molar-refractivity contribution >= 4 is 23.2 Å². The second-order valence-corrected chi connectivity index (χ2v) is 7.13. The Kier molecular flexibility index (Phi) is 5.03. The molecule has 1 heterocycles.